The van der Waals surface area contributed by atoms with E-state index in [2.05, 4.69) is 10.3 Å². The summed E-state index contributed by atoms with van der Waals surface area (Å²) in [6.07, 6.45) is 0.505. The summed E-state index contributed by atoms with van der Waals surface area (Å²) in [5.74, 6) is 0.557. The van der Waals surface area contributed by atoms with Gasteiger partial charge < -0.3 is 5.32 Å². The van der Waals surface area contributed by atoms with Gasteiger partial charge >= 0.3 is 0 Å². The Morgan fingerprint density at radius 1 is 1.35 bits per heavy atom. The Hall–Kier alpha value is -1.06. The molecule has 0 bridgehead atoms. The van der Waals surface area contributed by atoms with Gasteiger partial charge in [0.15, 0.2) is 0 Å². The molecule has 0 aliphatic carbocycles. The fourth-order valence-electron chi connectivity index (χ4n) is 1.63. The lowest BCUT2D eigenvalue weighted by molar-refractivity contribution is -0.122. The SMILES string of the molecule is CC1(C)N=C(Cc2ccc(Cl)cc2Cl)NC1=O. The first-order chi connectivity index (χ1) is 7.88. The minimum atomic E-state index is -0.686. The molecule has 0 atom stereocenters. The predicted octanol–water partition coefficient (Wildman–Crippen LogP) is 2.84. The van der Waals surface area contributed by atoms with Crippen molar-refractivity contribution in [2.24, 2.45) is 4.99 Å². The van der Waals surface area contributed by atoms with Crippen LogP contribution < -0.4 is 5.32 Å². The van der Waals surface area contributed by atoms with E-state index in [0.29, 0.717) is 22.3 Å². The maximum absolute atomic E-state index is 11.6. The molecule has 1 aliphatic heterocycles. The number of aliphatic imine (C=N–C) groups is 1. The van der Waals surface area contributed by atoms with E-state index in [-0.39, 0.29) is 5.91 Å². The molecule has 0 spiro atoms. The van der Waals surface area contributed by atoms with E-state index in [1.165, 1.54) is 0 Å². The van der Waals surface area contributed by atoms with Gasteiger partial charge in [0, 0.05) is 16.5 Å². The molecule has 0 saturated heterocycles. The number of nitrogens with zero attached hydrogens (tertiary/aromatic N) is 1. The van der Waals surface area contributed by atoms with Gasteiger partial charge in [-0.3, -0.25) is 9.79 Å². The van der Waals surface area contributed by atoms with Gasteiger partial charge in [0.25, 0.3) is 5.91 Å². The number of carbonyl (C=O) groups is 1. The molecule has 1 N–H and O–H groups in total. The predicted molar refractivity (Wildman–Crippen MR) is 69.8 cm³/mol. The van der Waals surface area contributed by atoms with Gasteiger partial charge in [-0.25, -0.2) is 0 Å². The number of carbonyl (C=O) groups excluding carboxylic acids is 1. The third-order valence-corrected chi connectivity index (χ3v) is 3.19. The molecule has 3 nitrogen and oxygen atoms in total. The summed E-state index contributed by atoms with van der Waals surface area (Å²) in [4.78, 5) is 15.9. The Bertz CT molecular complexity index is 509. The normalized spacial score (nSPS) is 17.9. The molecule has 1 heterocycles. The molecule has 5 heteroatoms. The average Bonchev–Trinajstić information content (AvgIpc) is 2.45. The second-order valence-corrected chi connectivity index (χ2v) is 5.33. The summed E-state index contributed by atoms with van der Waals surface area (Å²) in [7, 11) is 0. The van der Waals surface area contributed by atoms with Crippen molar-refractivity contribution < 1.29 is 4.79 Å². The summed E-state index contributed by atoms with van der Waals surface area (Å²) >= 11 is 11.9. The Morgan fingerprint density at radius 2 is 2.06 bits per heavy atom. The zero-order valence-corrected chi connectivity index (χ0v) is 11.1. The van der Waals surface area contributed by atoms with Gasteiger partial charge in [0.05, 0.1) is 0 Å². The van der Waals surface area contributed by atoms with Gasteiger partial charge in [-0.05, 0) is 31.5 Å². The zero-order chi connectivity index (χ0) is 12.6. The number of amidine groups is 1. The maximum atomic E-state index is 11.6. The van der Waals surface area contributed by atoms with Crippen molar-refractivity contribution in [1.29, 1.82) is 0 Å². The van der Waals surface area contributed by atoms with E-state index < -0.39 is 5.54 Å². The van der Waals surface area contributed by atoms with Gasteiger partial charge in [-0.2, -0.15) is 0 Å². The molecule has 1 aliphatic rings. The van der Waals surface area contributed by atoms with Crippen molar-refractivity contribution in [3.63, 3.8) is 0 Å². The van der Waals surface area contributed by atoms with Crippen molar-refractivity contribution in [3.8, 4) is 0 Å². The Labute approximate surface area is 110 Å². The minimum Gasteiger partial charge on any atom is -0.312 e. The van der Waals surface area contributed by atoms with Crippen LogP contribution in [0.3, 0.4) is 0 Å². The lowest BCUT2D eigenvalue weighted by atomic mass is 10.1. The number of halogens is 2. The van der Waals surface area contributed by atoms with Crippen LogP contribution in [-0.2, 0) is 11.2 Å². The summed E-state index contributed by atoms with van der Waals surface area (Å²) in [6.45, 7) is 3.55. The van der Waals surface area contributed by atoms with Crippen LogP contribution in [-0.4, -0.2) is 17.3 Å². The van der Waals surface area contributed by atoms with Crippen molar-refractivity contribution in [3.05, 3.63) is 33.8 Å². The van der Waals surface area contributed by atoms with Crippen LogP contribution in [0.25, 0.3) is 0 Å². The molecule has 0 radical (unpaired) electrons. The highest BCUT2D eigenvalue weighted by molar-refractivity contribution is 6.35. The average molecular weight is 271 g/mol. The topological polar surface area (TPSA) is 41.5 Å². The van der Waals surface area contributed by atoms with E-state index in [0.717, 1.165) is 5.56 Å². The molecular formula is C12H12Cl2N2O. The number of benzene rings is 1. The summed E-state index contributed by atoms with van der Waals surface area (Å²) in [6, 6.07) is 5.29. The van der Waals surface area contributed by atoms with Gasteiger partial charge in [-0.1, -0.05) is 29.3 Å². The van der Waals surface area contributed by atoms with Crippen molar-refractivity contribution in [1.82, 2.24) is 5.32 Å². The van der Waals surface area contributed by atoms with E-state index in [4.69, 9.17) is 23.2 Å². The number of nitrogens with one attached hydrogen (secondary N) is 1. The Kier molecular flexibility index (Phi) is 3.15. The zero-order valence-electron chi connectivity index (χ0n) is 9.55. The van der Waals surface area contributed by atoms with Crippen LogP contribution in [0.2, 0.25) is 10.0 Å². The fourth-order valence-corrected chi connectivity index (χ4v) is 2.10. The van der Waals surface area contributed by atoms with Crippen molar-refractivity contribution in [2.45, 2.75) is 25.8 Å². The molecule has 0 fully saturated rings. The molecular weight excluding hydrogens is 259 g/mol. The quantitative estimate of drug-likeness (QED) is 0.882. The minimum absolute atomic E-state index is 0.0856. The lowest BCUT2D eigenvalue weighted by Gasteiger charge is -2.07. The Morgan fingerprint density at radius 3 is 2.59 bits per heavy atom. The molecule has 1 amide bonds. The number of amides is 1. The third-order valence-electron chi connectivity index (χ3n) is 2.60. The highest BCUT2D eigenvalue weighted by atomic mass is 35.5. The molecule has 17 heavy (non-hydrogen) atoms. The smallest absolute Gasteiger partial charge is 0.252 e. The van der Waals surface area contributed by atoms with Crippen LogP contribution >= 0.6 is 23.2 Å². The maximum Gasteiger partial charge on any atom is 0.252 e. The Balaban J connectivity index is 2.21. The fraction of sp³-hybridized carbons (Fsp3) is 0.333. The van der Waals surface area contributed by atoms with Crippen molar-refractivity contribution in [2.75, 3.05) is 0 Å². The second-order valence-electron chi connectivity index (χ2n) is 4.48. The van der Waals surface area contributed by atoms with E-state index >= 15 is 0 Å². The van der Waals surface area contributed by atoms with Gasteiger partial charge in [0.1, 0.15) is 11.4 Å². The van der Waals surface area contributed by atoms with E-state index in [1.54, 1.807) is 26.0 Å². The molecule has 90 valence electrons. The summed E-state index contributed by atoms with van der Waals surface area (Å²) in [5.41, 5.74) is 0.210. The number of hydrogen-bond acceptors (Lipinski definition) is 2. The van der Waals surface area contributed by atoms with E-state index in [1.807, 2.05) is 6.07 Å². The molecule has 1 aromatic carbocycles. The monoisotopic (exact) mass is 270 g/mol. The summed E-state index contributed by atoms with van der Waals surface area (Å²) in [5, 5.41) is 3.93. The van der Waals surface area contributed by atoms with Crippen LogP contribution in [0.5, 0.6) is 0 Å². The first kappa shape index (κ1) is 12.4. The molecule has 2 rings (SSSR count). The van der Waals surface area contributed by atoms with E-state index in [9.17, 15) is 4.79 Å². The molecule has 0 unspecified atom stereocenters. The standard InChI is InChI=1S/C12H12Cl2N2O/c1-12(2)11(17)15-10(16-12)5-7-3-4-8(13)6-9(7)14/h3-4,6H,5H2,1-2H3,(H,15,16,17). The van der Waals surface area contributed by atoms with Crippen LogP contribution in [0.1, 0.15) is 19.4 Å². The van der Waals surface area contributed by atoms with Crippen LogP contribution in [0.4, 0.5) is 0 Å². The molecule has 0 aromatic heterocycles. The first-order valence-electron chi connectivity index (χ1n) is 5.22. The second kappa shape index (κ2) is 4.31. The highest BCUT2D eigenvalue weighted by Gasteiger charge is 2.33. The summed E-state index contributed by atoms with van der Waals surface area (Å²) < 4.78 is 0. The van der Waals surface area contributed by atoms with Gasteiger partial charge in [0.2, 0.25) is 0 Å². The van der Waals surface area contributed by atoms with Crippen LogP contribution in [0.15, 0.2) is 23.2 Å². The first-order valence-corrected chi connectivity index (χ1v) is 5.98. The van der Waals surface area contributed by atoms with Crippen LogP contribution in [0, 0.1) is 0 Å². The number of hydrogen-bond donors (Lipinski definition) is 1. The molecule has 0 saturated carbocycles. The highest BCUT2D eigenvalue weighted by Crippen LogP contribution is 2.23. The third kappa shape index (κ3) is 2.61. The lowest BCUT2D eigenvalue weighted by Crippen LogP contribution is -2.34. The van der Waals surface area contributed by atoms with Gasteiger partial charge in [-0.15, -0.1) is 0 Å². The largest absolute Gasteiger partial charge is 0.312 e. The molecule has 1 aromatic rings. The van der Waals surface area contributed by atoms with Crippen molar-refractivity contribution >= 4 is 34.9 Å². The number of rotatable bonds is 2.